The van der Waals surface area contributed by atoms with E-state index in [0.717, 1.165) is 18.4 Å². The Morgan fingerprint density at radius 2 is 1.94 bits per heavy atom. The Labute approximate surface area is 194 Å². The zero-order valence-corrected chi connectivity index (χ0v) is 19.6. The molecule has 2 aromatic rings. The third-order valence-electron chi connectivity index (χ3n) is 4.65. The van der Waals surface area contributed by atoms with Crippen molar-refractivity contribution in [1.29, 1.82) is 0 Å². The first-order valence-corrected chi connectivity index (χ1v) is 10.9. The van der Waals surface area contributed by atoms with Gasteiger partial charge in [-0.2, -0.15) is 5.10 Å². The fourth-order valence-corrected chi connectivity index (χ4v) is 3.03. The Balaban J connectivity index is 2.01. The number of amides is 2. The van der Waals surface area contributed by atoms with Crippen LogP contribution in [0.2, 0.25) is 5.02 Å². The molecular weight excluding hydrogens is 430 g/mol. The molecule has 0 fully saturated rings. The highest BCUT2D eigenvalue weighted by Crippen LogP contribution is 2.27. The van der Waals surface area contributed by atoms with Crippen LogP contribution in [0.25, 0.3) is 0 Å². The summed E-state index contributed by atoms with van der Waals surface area (Å²) in [5, 5.41) is 7.21. The van der Waals surface area contributed by atoms with Crippen molar-refractivity contribution >= 4 is 29.6 Å². The third kappa shape index (κ3) is 7.57. The maximum absolute atomic E-state index is 12.6. The van der Waals surface area contributed by atoms with Crippen molar-refractivity contribution in [3.63, 3.8) is 0 Å². The van der Waals surface area contributed by atoms with Gasteiger partial charge in [0.05, 0.1) is 19.9 Å². The molecule has 0 aromatic heterocycles. The molecule has 0 aliphatic carbocycles. The van der Waals surface area contributed by atoms with Crippen LogP contribution in [0.3, 0.4) is 0 Å². The van der Waals surface area contributed by atoms with Crippen molar-refractivity contribution in [3.8, 4) is 11.5 Å². The molecule has 0 saturated carbocycles. The summed E-state index contributed by atoms with van der Waals surface area (Å²) in [7, 11) is 1.57. The van der Waals surface area contributed by atoms with Crippen LogP contribution in [-0.4, -0.2) is 37.8 Å². The van der Waals surface area contributed by atoms with Crippen LogP contribution in [0, 0.1) is 5.92 Å². The molecule has 0 radical (unpaired) electrons. The largest absolute Gasteiger partial charge is 0.493 e. The predicted molar refractivity (Wildman–Crippen MR) is 127 cm³/mol. The van der Waals surface area contributed by atoms with E-state index in [-0.39, 0.29) is 11.8 Å². The molecule has 1 atom stereocenters. The quantitative estimate of drug-likeness (QED) is 0.295. The van der Waals surface area contributed by atoms with E-state index >= 15 is 0 Å². The molecule has 0 spiro atoms. The zero-order valence-electron chi connectivity index (χ0n) is 18.9. The number of methoxy groups -OCH3 is 1. The number of benzene rings is 2. The second-order valence-corrected chi connectivity index (χ2v) is 7.99. The maximum atomic E-state index is 12.6. The van der Waals surface area contributed by atoms with Gasteiger partial charge in [0.25, 0.3) is 11.8 Å². The van der Waals surface area contributed by atoms with Gasteiger partial charge < -0.3 is 14.8 Å². The summed E-state index contributed by atoms with van der Waals surface area (Å²) in [6.45, 7) is 6.40. The zero-order chi connectivity index (χ0) is 23.5. The number of ether oxygens (including phenoxy) is 2. The molecule has 2 amide bonds. The van der Waals surface area contributed by atoms with Crippen LogP contribution in [0.4, 0.5) is 0 Å². The summed E-state index contributed by atoms with van der Waals surface area (Å²) in [6, 6.07) is 11.2. The molecule has 0 heterocycles. The van der Waals surface area contributed by atoms with E-state index in [0.29, 0.717) is 28.7 Å². The lowest BCUT2D eigenvalue weighted by molar-refractivity contribution is -0.123. The minimum atomic E-state index is -0.762. The van der Waals surface area contributed by atoms with Gasteiger partial charge in [0, 0.05) is 10.6 Å². The monoisotopic (exact) mass is 459 g/mol. The van der Waals surface area contributed by atoms with E-state index in [1.54, 1.807) is 43.5 Å². The van der Waals surface area contributed by atoms with Crippen molar-refractivity contribution in [2.75, 3.05) is 13.7 Å². The average molecular weight is 460 g/mol. The predicted octanol–water partition coefficient (Wildman–Crippen LogP) is 4.43. The SMILES string of the molecule is CCCCOc1ccc(C=NNC(=O)C(NC(=O)c2cccc(Cl)c2)C(C)C)cc1OC. The summed E-state index contributed by atoms with van der Waals surface area (Å²) in [4.78, 5) is 25.1. The molecule has 0 aliphatic rings. The Bertz CT molecular complexity index is 947. The fraction of sp³-hybridized carbons (Fsp3) is 0.375. The number of carbonyl (C=O) groups excluding carboxylic acids is 2. The summed E-state index contributed by atoms with van der Waals surface area (Å²) in [6.07, 6.45) is 3.51. The van der Waals surface area contributed by atoms with Gasteiger partial charge in [0.1, 0.15) is 6.04 Å². The minimum Gasteiger partial charge on any atom is -0.493 e. The summed E-state index contributed by atoms with van der Waals surface area (Å²) >= 11 is 5.95. The number of hydrazone groups is 1. The van der Waals surface area contributed by atoms with E-state index in [2.05, 4.69) is 22.8 Å². The van der Waals surface area contributed by atoms with E-state index in [9.17, 15) is 9.59 Å². The lowest BCUT2D eigenvalue weighted by atomic mass is 10.0. The summed E-state index contributed by atoms with van der Waals surface area (Å²) in [5.74, 6) is 0.302. The summed E-state index contributed by atoms with van der Waals surface area (Å²) < 4.78 is 11.1. The highest BCUT2D eigenvalue weighted by Gasteiger charge is 2.24. The van der Waals surface area contributed by atoms with E-state index in [1.165, 1.54) is 6.21 Å². The number of nitrogens with zero attached hydrogens (tertiary/aromatic N) is 1. The lowest BCUT2D eigenvalue weighted by Gasteiger charge is -2.20. The Morgan fingerprint density at radius 1 is 1.16 bits per heavy atom. The highest BCUT2D eigenvalue weighted by atomic mass is 35.5. The summed E-state index contributed by atoms with van der Waals surface area (Å²) in [5.41, 5.74) is 3.61. The van der Waals surface area contributed by atoms with Crippen molar-refractivity contribution in [2.24, 2.45) is 11.0 Å². The molecule has 172 valence electrons. The van der Waals surface area contributed by atoms with Crippen molar-refractivity contribution in [3.05, 3.63) is 58.6 Å². The molecule has 2 N–H and O–H groups in total. The van der Waals surface area contributed by atoms with Gasteiger partial charge in [-0.25, -0.2) is 5.43 Å². The Morgan fingerprint density at radius 3 is 2.59 bits per heavy atom. The van der Waals surface area contributed by atoms with E-state index < -0.39 is 11.9 Å². The smallest absolute Gasteiger partial charge is 0.262 e. The number of rotatable bonds is 11. The number of hydrogen-bond acceptors (Lipinski definition) is 5. The molecule has 8 heteroatoms. The molecule has 7 nitrogen and oxygen atoms in total. The molecule has 32 heavy (non-hydrogen) atoms. The number of carbonyl (C=O) groups is 2. The van der Waals surface area contributed by atoms with Crippen LogP contribution < -0.4 is 20.2 Å². The molecule has 1 unspecified atom stereocenters. The van der Waals surface area contributed by atoms with Gasteiger partial charge in [0.2, 0.25) is 0 Å². The molecule has 2 aromatic carbocycles. The topological polar surface area (TPSA) is 89.0 Å². The number of nitrogens with one attached hydrogen (secondary N) is 2. The second-order valence-electron chi connectivity index (χ2n) is 7.55. The van der Waals surface area contributed by atoms with E-state index in [4.69, 9.17) is 21.1 Å². The molecular formula is C24H30ClN3O4. The van der Waals surface area contributed by atoms with Crippen molar-refractivity contribution in [1.82, 2.24) is 10.7 Å². The maximum Gasteiger partial charge on any atom is 0.262 e. The average Bonchev–Trinajstić information content (AvgIpc) is 2.77. The van der Waals surface area contributed by atoms with Crippen LogP contribution in [0.1, 0.15) is 49.5 Å². The van der Waals surface area contributed by atoms with Gasteiger partial charge in [-0.15, -0.1) is 0 Å². The van der Waals surface area contributed by atoms with Gasteiger partial charge in [0.15, 0.2) is 11.5 Å². The van der Waals surface area contributed by atoms with E-state index in [1.807, 2.05) is 19.9 Å². The Kier molecular flexibility index (Phi) is 10.0. The normalized spacial score (nSPS) is 11.9. The lowest BCUT2D eigenvalue weighted by Crippen LogP contribution is -2.48. The molecule has 2 rings (SSSR count). The minimum absolute atomic E-state index is 0.145. The van der Waals surface area contributed by atoms with Crippen LogP contribution in [0.15, 0.2) is 47.6 Å². The fourth-order valence-electron chi connectivity index (χ4n) is 2.84. The van der Waals surface area contributed by atoms with Gasteiger partial charge in [-0.1, -0.05) is 44.9 Å². The van der Waals surface area contributed by atoms with Crippen LogP contribution in [0.5, 0.6) is 11.5 Å². The van der Waals surface area contributed by atoms with Gasteiger partial charge in [-0.3, -0.25) is 9.59 Å². The van der Waals surface area contributed by atoms with Gasteiger partial charge in [-0.05, 0) is 54.3 Å². The first-order valence-electron chi connectivity index (χ1n) is 10.6. The number of unbranched alkanes of at least 4 members (excludes halogenated alkanes) is 1. The van der Waals surface area contributed by atoms with Crippen LogP contribution in [-0.2, 0) is 4.79 Å². The standard InChI is InChI=1S/C24H30ClN3O4/c1-5-6-12-32-20-11-10-17(13-21(20)31-4)15-26-28-24(30)22(16(2)3)27-23(29)18-8-7-9-19(25)14-18/h7-11,13-16,22H,5-6,12H2,1-4H3,(H,27,29)(H,28,30). The first kappa shape index (κ1) is 25.2. The molecule has 0 aliphatic heterocycles. The Hall–Kier alpha value is -3.06. The number of hydrogen-bond donors (Lipinski definition) is 2. The molecule has 0 bridgehead atoms. The van der Waals surface area contributed by atoms with Crippen LogP contribution >= 0.6 is 11.6 Å². The highest BCUT2D eigenvalue weighted by molar-refractivity contribution is 6.31. The van der Waals surface area contributed by atoms with Crippen molar-refractivity contribution < 1.29 is 19.1 Å². The number of halogens is 1. The first-order chi connectivity index (χ1) is 15.3. The molecule has 0 saturated heterocycles. The second kappa shape index (κ2) is 12.7. The third-order valence-corrected chi connectivity index (χ3v) is 4.89. The van der Waals surface area contributed by atoms with Crippen molar-refractivity contribution in [2.45, 2.75) is 39.7 Å². The van der Waals surface area contributed by atoms with Gasteiger partial charge >= 0.3 is 0 Å².